The van der Waals surface area contributed by atoms with E-state index < -0.39 is 12.0 Å². The molecule has 7 heteroatoms. The Balaban J connectivity index is 1.65. The number of nitrogens with zero attached hydrogens (tertiary/aromatic N) is 2. The molecule has 6 nitrogen and oxygen atoms in total. The zero-order valence-corrected chi connectivity index (χ0v) is 11.7. The predicted octanol–water partition coefficient (Wildman–Crippen LogP) is 0.0701. The average molecular weight is 286 g/mol. The Morgan fingerprint density at radius 3 is 2.95 bits per heavy atom. The van der Waals surface area contributed by atoms with Crippen LogP contribution in [0.5, 0.6) is 0 Å². The number of rotatable bonds is 8. The summed E-state index contributed by atoms with van der Waals surface area (Å²) in [6.45, 7) is 2.63. The van der Waals surface area contributed by atoms with Gasteiger partial charge in [0.05, 0.1) is 25.3 Å². The van der Waals surface area contributed by atoms with Gasteiger partial charge in [0.1, 0.15) is 6.61 Å². The van der Waals surface area contributed by atoms with Gasteiger partial charge >= 0.3 is 5.97 Å². The van der Waals surface area contributed by atoms with Gasteiger partial charge in [-0.1, -0.05) is 0 Å². The van der Waals surface area contributed by atoms with E-state index in [0.717, 1.165) is 25.5 Å². The maximum absolute atomic E-state index is 11.7. The topological polar surface area (TPSA) is 68.0 Å². The fourth-order valence-corrected chi connectivity index (χ4v) is 2.78. The van der Waals surface area contributed by atoms with Gasteiger partial charge in [-0.2, -0.15) is 16.8 Å². The van der Waals surface area contributed by atoms with Crippen molar-refractivity contribution in [3.05, 3.63) is 0 Å². The summed E-state index contributed by atoms with van der Waals surface area (Å²) in [5, 5.41) is 0. The second-order valence-corrected chi connectivity index (χ2v) is 5.58. The van der Waals surface area contributed by atoms with Crippen LogP contribution in [0, 0.1) is 0 Å². The van der Waals surface area contributed by atoms with Crippen molar-refractivity contribution in [1.29, 1.82) is 0 Å². The Bertz CT molecular complexity index is 363. The van der Waals surface area contributed by atoms with Gasteiger partial charge in [-0.05, 0) is 18.4 Å². The minimum atomic E-state index is -0.706. The van der Waals surface area contributed by atoms with Crippen molar-refractivity contribution in [1.82, 2.24) is 4.90 Å². The summed E-state index contributed by atoms with van der Waals surface area (Å²) >= 11 is 1.60. The lowest BCUT2D eigenvalue weighted by molar-refractivity contribution is -0.145. The number of hydrogen-bond acceptors (Lipinski definition) is 7. The molecule has 2 aliphatic heterocycles. The molecule has 0 aromatic carbocycles. The Hall–Kier alpha value is -0.880. The van der Waals surface area contributed by atoms with Gasteiger partial charge in [0.25, 0.3) is 0 Å². The molecule has 0 bridgehead atoms. The highest BCUT2D eigenvalue weighted by Gasteiger charge is 2.51. The van der Waals surface area contributed by atoms with E-state index in [2.05, 4.69) is 9.89 Å². The van der Waals surface area contributed by atoms with Gasteiger partial charge < -0.3 is 9.47 Å². The molecule has 2 aliphatic rings. The first kappa shape index (κ1) is 14.5. The van der Waals surface area contributed by atoms with Crippen LogP contribution in [0.3, 0.4) is 0 Å². The number of carbonyl (C=O) groups is 1. The van der Waals surface area contributed by atoms with Crippen molar-refractivity contribution in [2.24, 2.45) is 4.99 Å². The summed E-state index contributed by atoms with van der Waals surface area (Å²) < 4.78 is 10.4. The van der Waals surface area contributed by atoms with Crippen LogP contribution in [0.15, 0.2) is 4.99 Å². The summed E-state index contributed by atoms with van der Waals surface area (Å²) in [6, 6.07) is 0.319. The first-order valence-corrected chi connectivity index (χ1v) is 7.73. The smallest absolute Gasteiger partial charge is 0.331 e. The maximum Gasteiger partial charge on any atom is 0.331 e. The lowest BCUT2D eigenvalue weighted by atomic mass is 10.2. The van der Waals surface area contributed by atoms with Crippen molar-refractivity contribution in [2.75, 3.05) is 38.4 Å². The summed E-state index contributed by atoms with van der Waals surface area (Å²) in [6.07, 6.45) is 3.89. The fourth-order valence-electron chi connectivity index (χ4n) is 2.32. The van der Waals surface area contributed by atoms with Crippen LogP contribution in [-0.2, 0) is 19.1 Å². The molecule has 0 amide bonds. The largest absolute Gasteiger partial charge is 0.463 e. The Morgan fingerprint density at radius 2 is 2.32 bits per heavy atom. The third-order valence-electron chi connectivity index (χ3n) is 3.45. The SMILES string of the molecule is CSCCC(N=C=O)C(=O)OCCN1C2COCC21. The van der Waals surface area contributed by atoms with Gasteiger partial charge in [-0.25, -0.2) is 9.59 Å². The quantitative estimate of drug-likeness (QED) is 0.272. The van der Waals surface area contributed by atoms with Crippen LogP contribution < -0.4 is 0 Å². The summed E-state index contributed by atoms with van der Waals surface area (Å²) in [5.41, 5.74) is 0. The van der Waals surface area contributed by atoms with E-state index in [9.17, 15) is 9.59 Å². The maximum atomic E-state index is 11.7. The molecule has 2 rings (SSSR count). The Kier molecular flexibility index (Phi) is 5.39. The van der Waals surface area contributed by atoms with Gasteiger partial charge in [0, 0.05) is 6.54 Å². The minimum absolute atomic E-state index is 0.343. The third-order valence-corrected chi connectivity index (χ3v) is 4.10. The fraction of sp³-hybridized carbons (Fsp3) is 0.833. The van der Waals surface area contributed by atoms with E-state index in [1.54, 1.807) is 11.8 Å². The zero-order valence-electron chi connectivity index (χ0n) is 10.9. The molecule has 0 saturated carbocycles. The van der Waals surface area contributed by atoms with Crippen molar-refractivity contribution in [3.63, 3.8) is 0 Å². The molecule has 0 aromatic rings. The normalized spacial score (nSPS) is 29.2. The highest BCUT2D eigenvalue weighted by molar-refractivity contribution is 7.98. The predicted molar refractivity (Wildman–Crippen MR) is 71.0 cm³/mol. The standard InChI is InChI=1S/C12H18N2O4S/c1-19-5-2-9(13-8-15)12(16)18-4-3-14-10-6-17-7-11(10)14/h9-11H,2-7H2,1H3. The minimum Gasteiger partial charge on any atom is -0.463 e. The molecule has 19 heavy (non-hydrogen) atoms. The molecule has 2 saturated heterocycles. The van der Waals surface area contributed by atoms with Gasteiger partial charge in [0.15, 0.2) is 6.04 Å². The second kappa shape index (κ2) is 7.05. The third kappa shape index (κ3) is 3.79. The first-order chi connectivity index (χ1) is 9.27. The molecular weight excluding hydrogens is 268 g/mol. The van der Waals surface area contributed by atoms with Crippen LogP contribution in [-0.4, -0.2) is 73.4 Å². The van der Waals surface area contributed by atoms with E-state index in [1.165, 1.54) is 6.08 Å². The molecular formula is C12H18N2O4S. The molecule has 0 spiro atoms. The van der Waals surface area contributed by atoms with E-state index in [4.69, 9.17) is 9.47 Å². The van der Waals surface area contributed by atoms with Gasteiger partial charge in [0.2, 0.25) is 6.08 Å². The zero-order chi connectivity index (χ0) is 13.7. The highest BCUT2D eigenvalue weighted by Crippen LogP contribution is 2.33. The molecule has 2 fully saturated rings. The van der Waals surface area contributed by atoms with Crippen LogP contribution >= 0.6 is 11.8 Å². The van der Waals surface area contributed by atoms with Crippen LogP contribution in [0.2, 0.25) is 0 Å². The number of hydrogen-bond donors (Lipinski definition) is 0. The molecule has 0 aliphatic carbocycles. The highest BCUT2D eigenvalue weighted by atomic mass is 32.2. The first-order valence-electron chi connectivity index (χ1n) is 6.34. The summed E-state index contributed by atoms with van der Waals surface area (Å²) in [7, 11) is 0. The molecule has 0 aromatic heterocycles. The Morgan fingerprint density at radius 1 is 1.58 bits per heavy atom. The van der Waals surface area contributed by atoms with Crippen molar-refractivity contribution < 1.29 is 19.1 Å². The van der Waals surface area contributed by atoms with Crippen LogP contribution in [0.25, 0.3) is 0 Å². The monoisotopic (exact) mass is 286 g/mol. The molecule has 3 unspecified atom stereocenters. The summed E-state index contributed by atoms with van der Waals surface area (Å²) in [4.78, 5) is 27.8. The van der Waals surface area contributed by atoms with E-state index in [1.807, 2.05) is 6.26 Å². The number of carbonyl (C=O) groups excluding carboxylic acids is 2. The molecule has 0 N–H and O–H groups in total. The molecule has 106 valence electrons. The lowest BCUT2D eigenvalue weighted by Crippen LogP contribution is -2.26. The molecule has 2 heterocycles. The van der Waals surface area contributed by atoms with E-state index in [0.29, 0.717) is 25.1 Å². The number of morpholine rings is 1. The summed E-state index contributed by atoms with van der Waals surface area (Å²) in [5.74, 6) is 0.333. The van der Waals surface area contributed by atoms with Crippen molar-refractivity contribution in [3.8, 4) is 0 Å². The number of isocyanates is 1. The van der Waals surface area contributed by atoms with E-state index in [-0.39, 0.29) is 0 Å². The van der Waals surface area contributed by atoms with Crippen LogP contribution in [0.1, 0.15) is 6.42 Å². The molecule has 0 radical (unpaired) electrons. The number of esters is 1. The second-order valence-electron chi connectivity index (χ2n) is 4.60. The van der Waals surface area contributed by atoms with Crippen molar-refractivity contribution in [2.45, 2.75) is 24.5 Å². The van der Waals surface area contributed by atoms with Gasteiger partial charge in [-0.3, -0.25) is 4.90 Å². The van der Waals surface area contributed by atoms with Crippen molar-refractivity contribution >= 4 is 23.8 Å². The number of fused-ring (bicyclic) bond motifs is 1. The Labute approximate surface area is 116 Å². The number of thioether (sulfide) groups is 1. The molecule has 3 atom stereocenters. The van der Waals surface area contributed by atoms with Gasteiger partial charge in [-0.15, -0.1) is 0 Å². The number of ether oxygens (including phenoxy) is 2. The number of aliphatic imine (C=N–C) groups is 1. The van der Waals surface area contributed by atoms with E-state index >= 15 is 0 Å². The lowest BCUT2D eigenvalue weighted by Gasteiger charge is -2.11. The van der Waals surface area contributed by atoms with Crippen LogP contribution in [0.4, 0.5) is 0 Å². The average Bonchev–Trinajstić information content (AvgIpc) is 2.86.